The summed E-state index contributed by atoms with van der Waals surface area (Å²) >= 11 is 0. The van der Waals surface area contributed by atoms with Crippen LogP contribution in [-0.2, 0) is 0 Å². The average Bonchev–Trinajstić information content (AvgIpc) is 2.69. The standard InChI is InChI=1S/C19H22F2N6/c1-2-27(11-13-3-5-23-6-4-13)19-9-18(24-12-25-19)26-17-8-15(20)14(10-22)7-16(17)21/h7-9,12-13,23H,2-6,11H2,1H3,(H,24,25,26). The van der Waals surface area contributed by atoms with Crippen molar-refractivity contribution in [1.82, 2.24) is 15.3 Å². The predicted molar refractivity (Wildman–Crippen MR) is 99.9 cm³/mol. The fourth-order valence-electron chi connectivity index (χ4n) is 3.22. The molecule has 142 valence electrons. The highest BCUT2D eigenvalue weighted by Gasteiger charge is 2.18. The second-order valence-corrected chi connectivity index (χ2v) is 6.54. The van der Waals surface area contributed by atoms with Crippen LogP contribution in [-0.4, -0.2) is 36.1 Å². The zero-order valence-corrected chi connectivity index (χ0v) is 15.2. The maximum absolute atomic E-state index is 14.1. The van der Waals surface area contributed by atoms with Crippen LogP contribution in [0.5, 0.6) is 0 Å². The van der Waals surface area contributed by atoms with Crippen LogP contribution in [0.15, 0.2) is 24.5 Å². The number of nitrogens with zero attached hydrogens (tertiary/aromatic N) is 4. The number of nitriles is 1. The van der Waals surface area contributed by atoms with E-state index >= 15 is 0 Å². The summed E-state index contributed by atoms with van der Waals surface area (Å²) < 4.78 is 27.9. The molecule has 1 aromatic carbocycles. The molecule has 0 saturated carbocycles. The summed E-state index contributed by atoms with van der Waals surface area (Å²) in [6.45, 7) is 5.81. The lowest BCUT2D eigenvalue weighted by atomic mass is 9.97. The van der Waals surface area contributed by atoms with Gasteiger partial charge in [-0.15, -0.1) is 0 Å². The Hall–Kier alpha value is -2.79. The zero-order valence-electron chi connectivity index (χ0n) is 15.2. The predicted octanol–water partition coefficient (Wildman–Crippen LogP) is 3.20. The van der Waals surface area contributed by atoms with Gasteiger partial charge in [-0.1, -0.05) is 0 Å². The van der Waals surface area contributed by atoms with Crippen molar-refractivity contribution >= 4 is 17.3 Å². The topological polar surface area (TPSA) is 76.9 Å². The fourth-order valence-corrected chi connectivity index (χ4v) is 3.22. The van der Waals surface area contributed by atoms with Crippen molar-refractivity contribution in [1.29, 1.82) is 5.26 Å². The van der Waals surface area contributed by atoms with E-state index < -0.39 is 11.6 Å². The van der Waals surface area contributed by atoms with E-state index in [1.54, 1.807) is 12.1 Å². The van der Waals surface area contributed by atoms with E-state index in [4.69, 9.17) is 5.26 Å². The fraction of sp³-hybridized carbons (Fsp3) is 0.421. The van der Waals surface area contributed by atoms with Crippen molar-refractivity contribution in [3.63, 3.8) is 0 Å². The van der Waals surface area contributed by atoms with Gasteiger partial charge in [-0.25, -0.2) is 18.7 Å². The molecule has 8 heteroatoms. The molecule has 1 fully saturated rings. The lowest BCUT2D eigenvalue weighted by Gasteiger charge is -2.30. The molecule has 2 aromatic rings. The summed E-state index contributed by atoms with van der Waals surface area (Å²) in [6, 6.07) is 5.17. The third-order valence-electron chi connectivity index (χ3n) is 4.74. The first-order chi connectivity index (χ1) is 13.1. The van der Waals surface area contributed by atoms with E-state index in [0.717, 1.165) is 57.0 Å². The Morgan fingerprint density at radius 1 is 1.22 bits per heavy atom. The zero-order chi connectivity index (χ0) is 19.2. The number of hydrogen-bond acceptors (Lipinski definition) is 6. The second-order valence-electron chi connectivity index (χ2n) is 6.54. The number of rotatable bonds is 6. The van der Waals surface area contributed by atoms with Gasteiger partial charge in [0.25, 0.3) is 0 Å². The Labute approximate surface area is 157 Å². The Kier molecular flexibility index (Phi) is 6.14. The van der Waals surface area contributed by atoms with E-state index in [2.05, 4.69) is 32.4 Å². The third-order valence-corrected chi connectivity index (χ3v) is 4.74. The molecule has 0 radical (unpaired) electrons. The van der Waals surface area contributed by atoms with E-state index in [-0.39, 0.29) is 11.3 Å². The van der Waals surface area contributed by atoms with Gasteiger partial charge in [0.1, 0.15) is 35.7 Å². The lowest BCUT2D eigenvalue weighted by Crippen LogP contribution is -2.36. The molecular weight excluding hydrogens is 350 g/mol. The first-order valence-electron chi connectivity index (χ1n) is 9.04. The van der Waals surface area contributed by atoms with Gasteiger partial charge in [-0.3, -0.25) is 0 Å². The summed E-state index contributed by atoms with van der Waals surface area (Å²) in [5.74, 6) is 0.212. The first kappa shape index (κ1) is 19.0. The minimum absolute atomic E-state index is 0.0717. The van der Waals surface area contributed by atoms with Gasteiger partial charge in [0.15, 0.2) is 0 Å². The molecule has 0 amide bonds. The maximum atomic E-state index is 14.1. The number of hydrogen-bond donors (Lipinski definition) is 2. The molecule has 0 bridgehead atoms. The molecule has 6 nitrogen and oxygen atoms in total. The molecule has 1 aliphatic heterocycles. The van der Waals surface area contributed by atoms with Crippen molar-refractivity contribution in [2.24, 2.45) is 5.92 Å². The highest BCUT2D eigenvalue weighted by molar-refractivity contribution is 5.61. The molecule has 0 aliphatic carbocycles. The minimum Gasteiger partial charge on any atom is -0.356 e. The summed E-state index contributed by atoms with van der Waals surface area (Å²) in [4.78, 5) is 10.6. The number of halogens is 2. The lowest BCUT2D eigenvalue weighted by molar-refractivity contribution is 0.374. The Balaban J connectivity index is 1.76. The van der Waals surface area contributed by atoms with Crippen LogP contribution in [0.1, 0.15) is 25.3 Å². The molecular formula is C19H22F2N6. The summed E-state index contributed by atoms with van der Waals surface area (Å²) in [5, 5.41) is 14.9. The Bertz CT molecular complexity index is 829. The van der Waals surface area contributed by atoms with Gasteiger partial charge in [-0.2, -0.15) is 5.26 Å². The molecule has 0 spiro atoms. The third kappa shape index (κ3) is 4.68. The molecule has 0 atom stereocenters. The van der Waals surface area contributed by atoms with E-state index in [0.29, 0.717) is 11.7 Å². The van der Waals surface area contributed by atoms with Crippen molar-refractivity contribution in [2.45, 2.75) is 19.8 Å². The van der Waals surface area contributed by atoms with Gasteiger partial charge in [-0.05, 0) is 44.8 Å². The van der Waals surface area contributed by atoms with Gasteiger partial charge in [0.05, 0.1) is 11.3 Å². The minimum atomic E-state index is -0.781. The van der Waals surface area contributed by atoms with E-state index in [1.165, 1.54) is 6.33 Å². The highest BCUT2D eigenvalue weighted by Crippen LogP contribution is 2.24. The van der Waals surface area contributed by atoms with Crippen LogP contribution in [0, 0.1) is 28.9 Å². The normalized spacial score (nSPS) is 14.6. The molecule has 3 rings (SSSR count). The molecule has 1 saturated heterocycles. The van der Waals surface area contributed by atoms with E-state index in [1.807, 2.05) is 0 Å². The van der Waals surface area contributed by atoms with E-state index in [9.17, 15) is 8.78 Å². The van der Waals surface area contributed by atoms with Crippen molar-refractivity contribution < 1.29 is 8.78 Å². The number of nitrogens with one attached hydrogen (secondary N) is 2. The van der Waals surface area contributed by atoms with Gasteiger partial charge >= 0.3 is 0 Å². The van der Waals surface area contributed by atoms with Crippen molar-refractivity contribution in [3.8, 4) is 6.07 Å². The Morgan fingerprint density at radius 3 is 2.70 bits per heavy atom. The molecule has 1 aliphatic rings. The number of anilines is 3. The van der Waals surface area contributed by atoms with Crippen molar-refractivity contribution in [2.75, 3.05) is 36.4 Å². The van der Waals surface area contributed by atoms with Crippen molar-refractivity contribution in [3.05, 3.63) is 41.7 Å². The van der Waals surface area contributed by atoms with Crippen LogP contribution in [0.3, 0.4) is 0 Å². The molecule has 2 heterocycles. The largest absolute Gasteiger partial charge is 0.356 e. The highest BCUT2D eigenvalue weighted by atomic mass is 19.1. The van der Waals surface area contributed by atoms with Crippen LogP contribution in [0.2, 0.25) is 0 Å². The second kappa shape index (κ2) is 8.73. The monoisotopic (exact) mass is 372 g/mol. The number of piperidine rings is 1. The van der Waals surface area contributed by atoms with Crippen LogP contribution >= 0.6 is 0 Å². The van der Waals surface area contributed by atoms with Crippen LogP contribution in [0.25, 0.3) is 0 Å². The quantitative estimate of drug-likeness (QED) is 0.811. The molecule has 2 N–H and O–H groups in total. The van der Waals surface area contributed by atoms with Gasteiger partial charge in [0, 0.05) is 25.2 Å². The maximum Gasteiger partial charge on any atom is 0.148 e. The molecule has 0 unspecified atom stereocenters. The first-order valence-corrected chi connectivity index (χ1v) is 9.04. The number of benzene rings is 1. The SMILES string of the molecule is CCN(CC1CCNCC1)c1cc(Nc2cc(F)c(C#N)cc2F)ncn1. The summed E-state index contributed by atoms with van der Waals surface area (Å²) in [5.41, 5.74) is -0.405. The van der Waals surface area contributed by atoms with Crippen LogP contribution in [0.4, 0.5) is 26.1 Å². The summed E-state index contributed by atoms with van der Waals surface area (Å²) in [7, 11) is 0. The summed E-state index contributed by atoms with van der Waals surface area (Å²) in [6.07, 6.45) is 3.66. The van der Waals surface area contributed by atoms with Gasteiger partial charge < -0.3 is 15.5 Å². The van der Waals surface area contributed by atoms with Gasteiger partial charge in [0.2, 0.25) is 0 Å². The number of aromatic nitrogens is 2. The Morgan fingerprint density at radius 2 is 2.00 bits per heavy atom. The molecule has 27 heavy (non-hydrogen) atoms. The average molecular weight is 372 g/mol. The molecule has 1 aromatic heterocycles. The van der Waals surface area contributed by atoms with Crippen LogP contribution < -0.4 is 15.5 Å². The smallest absolute Gasteiger partial charge is 0.148 e.